The van der Waals surface area contributed by atoms with Crippen LogP contribution in [0.25, 0.3) is 21.8 Å². The minimum absolute atomic E-state index is 0.141. The first-order valence-electron chi connectivity index (χ1n) is 6.06. The molecule has 3 heterocycles. The van der Waals surface area contributed by atoms with E-state index < -0.39 is 0 Å². The van der Waals surface area contributed by atoms with Crippen molar-refractivity contribution < 1.29 is 0 Å². The highest BCUT2D eigenvalue weighted by Crippen LogP contribution is 2.26. The molecule has 0 aliphatic rings. The van der Waals surface area contributed by atoms with Gasteiger partial charge in [-0.05, 0) is 24.4 Å². The maximum atomic E-state index is 12.4. The Kier molecular flexibility index (Phi) is 3.37. The van der Waals surface area contributed by atoms with E-state index in [0.717, 1.165) is 10.6 Å². The molecule has 2 N–H and O–H groups in total. The molecule has 0 aromatic carbocycles. The number of hydrogen-bond acceptors (Lipinski definition) is 6. The molecule has 0 bridgehead atoms. The van der Waals surface area contributed by atoms with Gasteiger partial charge in [-0.1, -0.05) is 6.07 Å². The summed E-state index contributed by atoms with van der Waals surface area (Å²) < 4.78 is 1.46. The zero-order valence-electron chi connectivity index (χ0n) is 10.7. The largest absolute Gasteiger partial charge is 0.375 e. The summed E-state index contributed by atoms with van der Waals surface area (Å²) in [5.41, 5.74) is 7.45. The van der Waals surface area contributed by atoms with Crippen molar-refractivity contribution in [2.24, 2.45) is 0 Å². The maximum absolute atomic E-state index is 12.4. The highest BCUT2D eigenvalue weighted by molar-refractivity contribution is 7.14. The van der Waals surface area contributed by atoms with Gasteiger partial charge in [0.15, 0.2) is 5.13 Å². The molecule has 0 saturated carbocycles. The topological polar surface area (TPSA) is 73.8 Å². The molecule has 0 unspecified atom stereocenters. The summed E-state index contributed by atoms with van der Waals surface area (Å²) in [4.78, 5) is 17.6. The van der Waals surface area contributed by atoms with Crippen LogP contribution in [0.15, 0.2) is 33.8 Å². The first-order valence-corrected chi connectivity index (χ1v) is 7.82. The Morgan fingerprint density at radius 1 is 1.35 bits per heavy atom. The van der Waals surface area contributed by atoms with Crippen molar-refractivity contribution in [3.05, 3.63) is 39.3 Å². The Labute approximate surface area is 123 Å². The SMILES string of the molecule is CCn1nc(-c2cccs2)cc(-c2csc(N)n2)c1=O. The molecule has 0 aliphatic heterocycles. The number of hydrogen-bond donors (Lipinski definition) is 1. The smallest absolute Gasteiger partial charge is 0.276 e. The van der Waals surface area contributed by atoms with Gasteiger partial charge in [0.25, 0.3) is 5.56 Å². The van der Waals surface area contributed by atoms with Gasteiger partial charge in [-0.15, -0.1) is 22.7 Å². The molecule has 0 atom stereocenters. The molecule has 3 aromatic heterocycles. The fraction of sp³-hybridized carbons (Fsp3) is 0.154. The van der Waals surface area contributed by atoms with Crippen molar-refractivity contribution in [3.8, 4) is 21.8 Å². The van der Waals surface area contributed by atoms with Gasteiger partial charge in [0, 0.05) is 11.9 Å². The van der Waals surface area contributed by atoms with Gasteiger partial charge in [0.1, 0.15) is 5.69 Å². The first kappa shape index (κ1) is 13.0. The molecule has 0 spiro atoms. The summed E-state index contributed by atoms with van der Waals surface area (Å²) in [7, 11) is 0. The fourth-order valence-corrected chi connectivity index (χ4v) is 3.14. The second-order valence-electron chi connectivity index (χ2n) is 4.11. The number of thiophene rings is 1. The summed E-state index contributed by atoms with van der Waals surface area (Å²) in [6.45, 7) is 2.41. The van der Waals surface area contributed by atoms with Crippen LogP contribution in [0.5, 0.6) is 0 Å². The second-order valence-corrected chi connectivity index (χ2v) is 5.95. The number of aromatic nitrogens is 3. The number of rotatable bonds is 3. The average molecular weight is 304 g/mol. The van der Waals surface area contributed by atoms with Gasteiger partial charge < -0.3 is 5.73 Å². The summed E-state index contributed by atoms with van der Waals surface area (Å²) >= 11 is 2.92. The number of nitrogens with zero attached hydrogens (tertiary/aromatic N) is 3. The van der Waals surface area contributed by atoms with Crippen LogP contribution in [0.2, 0.25) is 0 Å². The number of anilines is 1. The highest BCUT2D eigenvalue weighted by Gasteiger charge is 2.13. The minimum atomic E-state index is -0.141. The van der Waals surface area contributed by atoms with E-state index in [1.54, 1.807) is 22.8 Å². The molecule has 0 aliphatic carbocycles. The van der Waals surface area contributed by atoms with Crippen LogP contribution >= 0.6 is 22.7 Å². The molecule has 0 fully saturated rings. The number of nitrogens with two attached hydrogens (primary N) is 1. The molecule has 0 amide bonds. The lowest BCUT2D eigenvalue weighted by atomic mass is 10.2. The summed E-state index contributed by atoms with van der Waals surface area (Å²) in [5, 5.41) is 8.62. The third kappa shape index (κ3) is 2.25. The van der Waals surface area contributed by atoms with Gasteiger partial charge in [-0.25, -0.2) is 9.67 Å². The van der Waals surface area contributed by atoms with Gasteiger partial charge in [0.05, 0.1) is 16.1 Å². The molecule has 3 aromatic rings. The third-order valence-corrected chi connectivity index (χ3v) is 4.41. The van der Waals surface area contributed by atoms with Crippen molar-refractivity contribution in [1.82, 2.24) is 14.8 Å². The van der Waals surface area contributed by atoms with Crippen molar-refractivity contribution in [2.45, 2.75) is 13.5 Å². The van der Waals surface area contributed by atoms with Crippen LogP contribution in [0, 0.1) is 0 Å². The molecule has 3 rings (SSSR count). The summed E-state index contributed by atoms with van der Waals surface area (Å²) in [6.07, 6.45) is 0. The normalized spacial score (nSPS) is 10.8. The predicted molar refractivity (Wildman–Crippen MR) is 83.0 cm³/mol. The zero-order valence-corrected chi connectivity index (χ0v) is 12.4. The Hall–Kier alpha value is -1.99. The molecule has 7 heteroatoms. The lowest BCUT2D eigenvalue weighted by molar-refractivity contribution is 0.621. The van der Waals surface area contributed by atoms with Gasteiger partial charge >= 0.3 is 0 Å². The Balaban J connectivity index is 2.23. The molecular formula is C13H12N4OS2. The monoisotopic (exact) mass is 304 g/mol. The summed E-state index contributed by atoms with van der Waals surface area (Å²) in [6, 6.07) is 5.73. The molecule has 5 nitrogen and oxygen atoms in total. The van der Waals surface area contributed by atoms with Crippen LogP contribution in [-0.2, 0) is 6.54 Å². The van der Waals surface area contributed by atoms with Gasteiger partial charge in [-0.2, -0.15) is 5.10 Å². The standard InChI is InChI=1S/C13H12N4OS2/c1-2-17-12(18)8(10-7-20-13(14)15-10)6-9(16-17)11-4-3-5-19-11/h3-7H,2H2,1H3,(H2,14,15). The average Bonchev–Trinajstić information content (AvgIpc) is 3.10. The van der Waals surface area contributed by atoms with E-state index in [1.165, 1.54) is 16.0 Å². The van der Waals surface area contributed by atoms with E-state index in [1.807, 2.05) is 24.4 Å². The van der Waals surface area contributed by atoms with Crippen LogP contribution in [0.3, 0.4) is 0 Å². The third-order valence-electron chi connectivity index (χ3n) is 2.85. The highest BCUT2D eigenvalue weighted by atomic mass is 32.1. The van der Waals surface area contributed by atoms with Crippen molar-refractivity contribution in [1.29, 1.82) is 0 Å². The van der Waals surface area contributed by atoms with E-state index in [4.69, 9.17) is 5.73 Å². The maximum Gasteiger partial charge on any atom is 0.276 e. The minimum Gasteiger partial charge on any atom is -0.375 e. The van der Waals surface area contributed by atoms with E-state index in [-0.39, 0.29) is 5.56 Å². The zero-order chi connectivity index (χ0) is 14.1. The van der Waals surface area contributed by atoms with E-state index in [0.29, 0.717) is 22.9 Å². The van der Waals surface area contributed by atoms with Crippen LogP contribution in [0.4, 0.5) is 5.13 Å². The fourth-order valence-electron chi connectivity index (χ4n) is 1.90. The lowest BCUT2D eigenvalue weighted by Crippen LogP contribution is -2.24. The molecule has 0 radical (unpaired) electrons. The predicted octanol–water partition coefficient (Wildman–Crippen LogP) is 2.70. The van der Waals surface area contributed by atoms with Crippen molar-refractivity contribution >= 4 is 27.8 Å². The van der Waals surface area contributed by atoms with Crippen LogP contribution in [0.1, 0.15) is 6.92 Å². The molecule has 20 heavy (non-hydrogen) atoms. The summed E-state index contributed by atoms with van der Waals surface area (Å²) in [5.74, 6) is 0. The van der Waals surface area contributed by atoms with Gasteiger partial charge in [-0.3, -0.25) is 4.79 Å². The van der Waals surface area contributed by atoms with Gasteiger partial charge in [0.2, 0.25) is 0 Å². The Morgan fingerprint density at radius 2 is 2.20 bits per heavy atom. The van der Waals surface area contributed by atoms with Crippen molar-refractivity contribution in [3.63, 3.8) is 0 Å². The molecular weight excluding hydrogens is 292 g/mol. The number of aryl methyl sites for hydroxylation is 1. The molecule has 0 saturated heterocycles. The quantitative estimate of drug-likeness (QED) is 0.807. The second kappa shape index (κ2) is 5.18. The van der Waals surface area contributed by atoms with Crippen LogP contribution < -0.4 is 11.3 Å². The number of thiazole rings is 1. The van der Waals surface area contributed by atoms with Crippen LogP contribution in [-0.4, -0.2) is 14.8 Å². The Morgan fingerprint density at radius 3 is 2.80 bits per heavy atom. The number of nitrogen functional groups attached to an aromatic ring is 1. The van der Waals surface area contributed by atoms with E-state index in [2.05, 4.69) is 10.1 Å². The lowest BCUT2D eigenvalue weighted by Gasteiger charge is -2.06. The van der Waals surface area contributed by atoms with E-state index in [9.17, 15) is 4.79 Å². The van der Waals surface area contributed by atoms with E-state index >= 15 is 0 Å². The van der Waals surface area contributed by atoms with Crippen molar-refractivity contribution in [2.75, 3.05) is 5.73 Å². The Bertz CT molecular complexity index is 789. The molecule has 102 valence electrons. The first-order chi connectivity index (χ1) is 9.69.